The van der Waals surface area contributed by atoms with Gasteiger partial charge in [0.15, 0.2) is 0 Å². The number of morpholine rings is 1. The molecule has 0 amide bonds. The lowest BCUT2D eigenvalue weighted by atomic mass is 10.1. The van der Waals surface area contributed by atoms with Gasteiger partial charge in [0.2, 0.25) is 0 Å². The molecule has 3 nitrogen and oxygen atoms in total. The van der Waals surface area contributed by atoms with Crippen molar-refractivity contribution >= 4 is 5.69 Å². The van der Waals surface area contributed by atoms with Crippen LogP contribution in [-0.4, -0.2) is 30.4 Å². The summed E-state index contributed by atoms with van der Waals surface area (Å²) in [5.41, 5.74) is 2.19. The highest BCUT2D eigenvalue weighted by Gasteiger charge is 2.25. The highest BCUT2D eigenvalue weighted by Crippen LogP contribution is 2.25. The van der Waals surface area contributed by atoms with E-state index in [1.807, 2.05) is 12.1 Å². The molecular formula is C15H23NO2. The topological polar surface area (TPSA) is 32.7 Å². The van der Waals surface area contributed by atoms with E-state index in [9.17, 15) is 5.11 Å². The molecule has 2 unspecified atom stereocenters. The molecule has 0 aliphatic carbocycles. The van der Waals surface area contributed by atoms with E-state index in [-0.39, 0.29) is 6.10 Å². The second-order valence-corrected chi connectivity index (χ2v) is 5.13. The van der Waals surface area contributed by atoms with Gasteiger partial charge in [0, 0.05) is 12.2 Å². The van der Waals surface area contributed by atoms with E-state index in [2.05, 4.69) is 30.9 Å². The first-order valence-electron chi connectivity index (χ1n) is 6.78. The summed E-state index contributed by atoms with van der Waals surface area (Å²) in [6.07, 6.45) is 0.971. The molecule has 3 atom stereocenters. The molecule has 18 heavy (non-hydrogen) atoms. The zero-order valence-electron chi connectivity index (χ0n) is 11.5. The van der Waals surface area contributed by atoms with Crippen LogP contribution in [0.15, 0.2) is 24.3 Å². The first kappa shape index (κ1) is 13.4. The molecule has 1 N–H and O–H groups in total. The maximum Gasteiger partial charge on any atom is 0.0761 e. The van der Waals surface area contributed by atoms with Crippen molar-refractivity contribution in [3.63, 3.8) is 0 Å². The van der Waals surface area contributed by atoms with E-state index in [1.165, 1.54) is 5.69 Å². The molecule has 1 saturated heterocycles. The van der Waals surface area contributed by atoms with E-state index < -0.39 is 6.10 Å². The fourth-order valence-corrected chi connectivity index (χ4v) is 2.44. The van der Waals surface area contributed by atoms with E-state index in [0.717, 1.165) is 25.1 Å². The second-order valence-electron chi connectivity index (χ2n) is 5.13. The molecule has 1 fully saturated rings. The van der Waals surface area contributed by atoms with Gasteiger partial charge in [0.25, 0.3) is 0 Å². The van der Waals surface area contributed by atoms with Crippen LogP contribution in [-0.2, 0) is 4.74 Å². The smallest absolute Gasteiger partial charge is 0.0761 e. The van der Waals surface area contributed by atoms with Crippen LogP contribution >= 0.6 is 0 Å². The highest BCUT2D eigenvalue weighted by molar-refractivity contribution is 5.49. The van der Waals surface area contributed by atoms with Crippen LogP contribution in [0.25, 0.3) is 0 Å². The molecule has 2 rings (SSSR count). The van der Waals surface area contributed by atoms with Crippen LogP contribution in [0.3, 0.4) is 0 Å². The maximum absolute atomic E-state index is 9.53. The van der Waals surface area contributed by atoms with Gasteiger partial charge in [-0.25, -0.2) is 0 Å². The second kappa shape index (κ2) is 5.72. The average molecular weight is 249 g/mol. The summed E-state index contributed by atoms with van der Waals surface area (Å²) < 4.78 is 5.71. The SMILES string of the molecule is CCC1COC(C)CN1c1ccc([C@@H](C)O)cc1. The Morgan fingerprint density at radius 2 is 2.06 bits per heavy atom. The zero-order chi connectivity index (χ0) is 13.1. The first-order chi connectivity index (χ1) is 8.61. The maximum atomic E-state index is 9.53. The Morgan fingerprint density at radius 1 is 1.39 bits per heavy atom. The van der Waals surface area contributed by atoms with Crippen LogP contribution in [0.2, 0.25) is 0 Å². The zero-order valence-corrected chi connectivity index (χ0v) is 11.5. The van der Waals surface area contributed by atoms with E-state index in [1.54, 1.807) is 6.92 Å². The van der Waals surface area contributed by atoms with Gasteiger partial charge in [-0.3, -0.25) is 0 Å². The predicted octanol–water partition coefficient (Wildman–Crippen LogP) is 2.74. The largest absolute Gasteiger partial charge is 0.389 e. The van der Waals surface area contributed by atoms with Crippen LogP contribution in [0, 0.1) is 0 Å². The van der Waals surface area contributed by atoms with Gasteiger partial charge in [-0.2, -0.15) is 0 Å². The lowest BCUT2D eigenvalue weighted by Crippen LogP contribution is -2.48. The van der Waals surface area contributed by atoms with E-state index in [0.29, 0.717) is 6.04 Å². The van der Waals surface area contributed by atoms with Crippen molar-refractivity contribution in [3.05, 3.63) is 29.8 Å². The minimum Gasteiger partial charge on any atom is -0.389 e. The van der Waals surface area contributed by atoms with Gasteiger partial charge in [-0.1, -0.05) is 19.1 Å². The quantitative estimate of drug-likeness (QED) is 0.894. The molecule has 100 valence electrons. The van der Waals surface area contributed by atoms with Crippen molar-refractivity contribution in [2.24, 2.45) is 0 Å². The van der Waals surface area contributed by atoms with Crippen molar-refractivity contribution in [2.45, 2.75) is 45.4 Å². The summed E-state index contributed by atoms with van der Waals surface area (Å²) in [5.74, 6) is 0. The Kier molecular flexibility index (Phi) is 4.25. The standard InChI is InChI=1S/C15H23NO2/c1-4-14-10-18-11(2)9-16(14)15-7-5-13(6-8-15)12(3)17/h5-8,11-12,14,17H,4,9-10H2,1-3H3/t11?,12-,14?/m1/s1. The van der Waals surface area contributed by atoms with Crippen LogP contribution < -0.4 is 4.90 Å². The Labute approximate surface area is 109 Å². The van der Waals surface area contributed by atoms with Crippen LogP contribution in [0.4, 0.5) is 5.69 Å². The Balaban J connectivity index is 2.17. The molecule has 0 saturated carbocycles. The van der Waals surface area contributed by atoms with E-state index in [4.69, 9.17) is 4.74 Å². The summed E-state index contributed by atoms with van der Waals surface area (Å²) in [6.45, 7) is 7.84. The molecule has 1 aromatic rings. The number of hydrogen-bond donors (Lipinski definition) is 1. The average Bonchev–Trinajstić information content (AvgIpc) is 2.39. The summed E-state index contributed by atoms with van der Waals surface area (Å²) in [4.78, 5) is 2.42. The predicted molar refractivity (Wildman–Crippen MR) is 73.9 cm³/mol. The summed E-state index contributed by atoms with van der Waals surface area (Å²) in [5, 5.41) is 9.53. The van der Waals surface area contributed by atoms with Crippen LogP contribution in [0.5, 0.6) is 0 Å². The number of anilines is 1. The molecule has 0 spiro atoms. The first-order valence-corrected chi connectivity index (χ1v) is 6.78. The molecule has 0 bridgehead atoms. The van der Waals surface area contributed by atoms with Gasteiger partial charge in [-0.15, -0.1) is 0 Å². The number of nitrogens with zero attached hydrogens (tertiary/aromatic N) is 1. The third-order valence-electron chi connectivity index (χ3n) is 3.65. The molecule has 1 aromatic carbocycles. The van der Waals surface area contributed by atoms with Gasteiger partial charge >= 0.3 is 0 Å². The minimum absolute atomic E-state index is 0.282. The number of hydrogen-bond acceptors (Lipinski definition) is 3. The lowest BCUT2D eigenvalue weighted by molar-refractivity contribution is 0.0299. The monoisotopic (exact) mass is 249 g/mol. The summed E-state index contributed by atoms with van der Waals surface area (Å²) in [6, 6.07) is 8.67. The van der Waals surface area contributed by atoms with Gasteiger partial charge < -0.3 is 14.7 Å². The number of aliphatic hydroxyl groups is 1. The van der Waals surface area contributed by atoms with E-state index >= 15 is 0 Å². The van der Waals surface area contributed by atoms with Crippen molar-refractivity contribution in [2.75, 3.05) is 18.1 Å². The van der Waals surface area contributed by atoms with Crippen molar-refractivity contribution in [1.29, 1.82) is 0 Å². The molecular weight excluding hydrogens is 226 g/mol. The number of benzene rings is 1. The number of rotatable bonds is 3. The van der Waals surface area contributed by atoms with Crippen LogP contribution in [0.1, 0.15) is 38.9 Å². The summed E-state index contributed by atoms with van der Waals surface area (Å²) >= 11 is 0. The fourth-order valence-electron chi connectivity index (χ4n) is 2.44. The molecule has 0 aromatic heterocycles. The number of ether oxygens (including phenoxy) is 1. The van der Waals surface area contributed by atoms with Crippen molar-refractivity contribution in [3.8, 4) is 0 Å². The molecule has 0 radical (unpaired) electrons. The normalized spacial score (nSPS) is 26.1. The number of aliphatic hydroxyl groups excluding tert-OH is 1. The molecule has 1 aliphatic heterocycles. The molecule has 3 heteroatoms. The lowest BCUT2D eigenvalue weighted by Gasteiger charge is -2.40. The van der Waals surface area contributed by atoms with Crippen molar-refractivity contribution < 1.29 is 9.84 Å². The summed E-state index contributed by atoms with van der Waals surface area (Å²) in [7, 11) is 0. The van der Waals surface area contributed by atoms with Crippen molar-refractivity contribution in [1.82, 2.24) is 0 Å². The molecule has 1 heterocycles. The van der Waals surface area contributed by atoms with Gasteiger partial charge in [0.05, 0.1) is 24.9 Å². The Bertz CT molecular complexity index is 375. The minimum atomic E-state index is -0.398. The Morgan fingerprint density at radius 3 is 2.61 bits per heavy atom. The fraction of sp³-hybridized carbons (Fsp3) is 0.600. The van der Waals surface area contributed by atoms with Gasteiger partial charge in [0.1, 0.15) is 0 Å². The Hall–Kier alpha value is -1.06. The molecule has 1 aliphatic rings. The third kappa shape index (κ3) is 2.85. The highest BCUT2D eigenvalue weighted by atomic mass is 16.5. The van der Waals surface area contributed by atoms with Gasteiger partial charge in [-0.05, 0) is 38.0 Å². The third-order valence-corrected chi connectivity index (χ3v) is 3.65.